The van der Waals surface area contributed by atoms with Gasteiger partial charge >= 0.3 is 0 Å². The van der Waals surface area contributed by atoms with Crippen molar-refractivity contribution < 1.29 is 18.3 Å². The Morgan fingerprint density at radius 3 is 2.42 bits per heavy atom. The number of nitrogens with one attached hydrogen (secondary N) is 1. The molecule has 3 aromatic carbocycles. The highest BCUT2D eigenvalue weighted by atomic mass is 19.1. The first-order valence-corrected chi connectivity index (χ1v) is 14.0. The Morgan fingerprint density at radius 2 is 1.73 bits per heavy atom. The molecule has 3 aromatic rings. The summed E-state index contributed by atoms with van der Waals surface area (Å²) in [5.41, 5.74) is 4.35. The Kier molecular flexibility index (Phi) is 7.59. The maximum atomic E-state index is 13.9. The van der Waals surface area contributed by atoms with Crippen molar-refractivity contribution in [3.8, 4) is 0 Å². The quantitative estimate of drug-likeness (QED) is 0.394. The van der Waals surface area contributed by atoms with Crippen molar-refractivity contribution in [1.82, 2.24) is 10.3 Å². The number of fused-ring (bicyclic) bond motifs is 1. The molecule has 1 aliphatic carbocycles. The van der Waals surface area contributed by atoms with Gasteiger partial charge in [-0.2, -0.15) is 5.10 Å². The van der Waals surface area contributed by atoms with E-state index in [0.29, 0.717) is 13.2 Å². The third kappa shape index (κ3) is 5.36. The molecule has 0 aromatic heterocycles. The molecule has 0 bridgehead atoms. The highest BCUT2D eigenvalue weighted by molar-refractivity contribution is 6.08. The summed E-state index contributed by atoms with van der Waals surface area (Å²) >= 11 is 0. The molecule has 7 heteroatoms. The van der Waals surface area contributed by atoms with Crippen LogP contribution >= 0.6 is 0 Å². The summed E-state index contributed by atoms with van der Waals surface area (Å²) in [7, 11) is 0. The molecule has 3 aliphatic rings. The molecule has 0 radical (unpaired) electrons. The molecule has 3 unspecified atom stereocenters. The van der Waals surface area contributed by atoms with Crippen LogP contribution in [-0.2, 0) is 15.1 Å². The normalized spacial score (nSPS) is 25.5. The van der Waals surface area contributed by atoms with Gasteiger partial charge in [-0.25, -0.2) is 13.8 Å². The largest absolute Gasteiger partial charge is 0.379 e. The van der Waals surface area contributed by atoms with Crippen LogP contribution in [0.25, 0.3) is 6.08 Å². The number of halogens is 2. The molecule has 3 atom stereocenters. The van der Waals surface area contributed by atoms with Crippen molar-refractivity contribution in [2.45, 2.75) is 43.7 Å². The number of hydrogen-bond donors (Lipinski definition) is 1. The minimum Gasteiger partial charge on any atom is -0.379 e. The average molecular weight is 542 g/mol. The van der Waals surface area contributed by atoms with Crippen LogP contribution in [0.3, 0.4) is 0 Å². The number of hydrogen-bond acceptors (Lipinski definition) is 4. The predicted molar refractivity (Wildman–Crippen MR) is 151 cm³/mol. The maximum absolute atomic E-state index is 13.9. The van der Waals surface area contributed by atoms with E-state index in [2.05, 4.69) is 17.4 Å². The first kappa shape index (κ1) is 26.5. The van der Waals surface area contributed by atoms with E-state index in [9.17, 15) is 13.6 Å². The Labute approximate surface area is 233 Å². The van der Waals surface area contributed by atoms with Gasteiger partial charge in [-0.3, -0.25) is 10.1 Å². The summed E-state index contributed by atoms with van der Waals surface area (Å²) in [5.74, 6) is -0.738. The summed E-state index contributed by atoms with van der Waals surface area (Å²) in [6, 6.07) is 22.6. The van der Waals surface area contributed by atoms with Gasteiger partial charge in [-0.05, 0) is 84.7 Å². The molecule has 206 valence electrons. The molecule has 2 heterocycles. The van der Waals surface area contributed by atoms with E-state index >= 15 is 0 Å². The van der Waals surface area contributed by atoms with Crippen molar-refractivity contribution in [2.24, 2.45) is 11.0 Å². The summed E-state index contributed by atoms with van der Waals surface area (Å²) in [4.78, 5) is 13.9. The van der Waals surface area contributed by atoms with Crippen molar-refractivity contribution in [3.63, 3.8) is 0 Å². The second kappa shape index (κ2) is 11.4. The Bertz CT molecular complexity index is 1400. The SMILES string of the molecule is O=C(CNC1(c2ccccc2)CCCOC1)N1N=C2/C(=C\c3ccc(F)cc3)CCCC2C1c1ccc(F)cc1. The fraction of sp³-hybridized carbons (Fsp3) is 0.333. The molecule has 1 saturated carbocycles. The van der Waals surface area contributed by atoms with Crippen LogP contribution in [0.4, 0.5) is 8.78 Å². The molecule has 1 saturated heterocycles. The smallest absolute Gasteiger partial charge is 0.257 e. The van der Waals surface area contributed by atoms with Crippen LogP contribution in [0.1, 0.15) is 54.8 Å². The van der Waals surface area contributed by atoms with Crippen LogP contribution in [0.5, 0.6) is 0 Å². The van der Waals surface area contributed by atoms with Gasteiger partial charge in [0.15, 0.2) is 0 Å². The number of nitrogens with zero attached hydrogens (tertiary/aromatic N) is 2. The van der Waals surface area contributed by atoms with Crippen LogP contribution in [0, 0.1) is 17.6 Å². The maximum Gasteiger partial charge on any atom is 0.257 e. The van der Waals surface area contributed by atoms with Crippen LogP contribution in [0.15, 0.2) is 89.5 Å². The van der Waals surface area contributed by atoms with Crippen LogP contribution < -0.4 is 5.32 Å². The number of benzene rings is 3. The highest BCUT2D eigenvalue weighted by Gasteiger charge is 2.44. The number of carbonyl (C=O) groups excluding carboxylic acids is 1. The lowest BCUT2D eigenvalue weighted by atomic mass is 9.77. The molecular formula is C33H33F2N3O2. The Balaban J connectivity index is 1.31. The summed E-state index contributed by atoms with van der Waals surface area (Å²) in [6.07, 6.45) is 6.47. The van der Waals surface area contributed by atoms with E-state index in [0.717, 1.165) is 60.1 Å². The summed E-state index contributed by atoms with van der Waals surface area (Å²) in [6.45, 7) is 1.30. The second-order valence-corrected chi connectivity index (χ2v) is 10.9. The minimum absolute atomic E-state index is 0.00374. The molecule has 1 N–H and O–H groups in total. The molecular weight excluding hydrogens is 508 g/mol. The number of amides is 1. The molecule has 1 amide bonds. The van der Waals surface area contributed by atoms with Gasteiger partial charge in [0.1, 0.15) is 11.6 Å². The van der Waals surface area contributed by atoms with Crippen LogP contribution in [-0.4, -0.2) is 36.4 Å². The van der Waals surface area contributed by atoms with E-state index in [4.69, 9.17) is 9.84 Å². The van der Waals surface area contributed by atoms with Crippen molar-refractivity contribution in [2.75, 3.05) is 19.8 Å². The topological polar surface area (TPSA) is 53.9 Å². The molecule has 2 fully saturated rings. The third-order valence-electron chi connectivity index (χ3n) is 8.32. The van der Waals surface area contributed by atoms with Crippen molar-refractivity contribution in [3.05, 3.63) is 113 Å². The standard InChI is InChI=1S/C33H33F2N3O2/c34-27-14-10-23(11-15-27)20-25-6-4-9-29-31(25)37-38(32(29)24-12-16-28(35)17-13-24)30(39)21-36-33(18-5-19-40-22-33)26-7-2-1-3-8-26/h1-3,7-8,10-17,20,29,32,36H,4-6,9,18-19,21-22H2/b25-20-. The van der Waals surface area contributed by atoms with Gasteiger partial charge in [-0.1, -0.05) is 54.6 Å². The molecule has 2 aliphatic heterocycles. The number of ether oxygens (including phenoxy) is 1. The minimum atomic E-state index is -0.451. The van der Waals surface area contributed by atoms with E-state index < -0.39 is 5.54 Å². The highest BCUT2D eigenvalue weighted by Crippen LogP contribution is 2.44. The van der Waals surface area contributed by atoms with Crippen molar-refractivity contribution in [1.29, 1.82) is 0 Å². The fourth-order valence-electron chi connectivity index (χ4n) is 6.31. The number of rotatable bonds is 6. The summed E-state index contributed by atoms with van der Waals surface area (Å²) in [5, 5.41) is 10.1. The lowest BCUT2D eigenvalue weighted by molar-refractivity contribution is -0.133. The zero-order chi connectivity index (χ0) is 27.5. The molecule has 0 spiro atoms. The van der Waals surface area contributed by atoms with Gasteiger partial charge in [0.25, 0.3) is 5.91 Å². The monoisotopic (exact) mass is 541 g/mol. The first-order chi connectivity index (χ1) is 19.5. The van der Waals surface area contributed by atoms with Gasteiger partial charge < -0.3 is 4.74 Å². The molecule has 5 nitrogen and oxygen atoms in total. The van der Waals surface area contributed by atoms with E-state index in [-0.39, 0.29) is 36.0 Å². The van der Waals surface area contributed by atoms with Gasteiger partial charge in [0.2, 0.25) is 0 Å². The first-order valence-electron chi connectivity index (χ1n) is 14.0. The van der Waals surface area contributed by atoms with E-state index in [1.54, 1.807) is 29.3 Å². The number of allylic oxidation sites excluding steroid dienone is 1. The lowest BCUT2D eigenvalue weighted by Crippen LogP contribution is -2.52. The second-order valence-electron chi connectivity index (χ2n) is 10.9. The van der Waals surface area contributed by atoms with Gasteiger partial charge in [0.05, 0.1) is 30.4 Å². The van der Waals surface area contributed by atoms with E-state index in [1.165, 1.54) is 24.3 Å². The zero-order valence-corrected chi connectivity index (χ0v) is 22.4. The van der Waals surface area contributed by atoms with Gasteiger partial charge in [-0.15, -0.1) is 0 Å². The fourth-order valence-corrected chi connectivity index (χ4v) is 6.31. The number of carbonyl (C=O) groups is 1. The average Bonchev–Trinajstić information content (AvgIpc) is 3.39. The molecule has 6 rings (SSSR count). The predicted octanol–water partition coefficient (Wildman–Crippen LogP) is 6.38. The van der Waals surface area contributed by atoms with Crippen LogP contribution in [0.2, 0.25) is 0 Å². The third-order valence-corrected chi connectivity index (χ3v) is 8.32. The van der Waals surface area contributed by atoms with Crippen molar-refractivity contribution >= 4 is 17.7 Å². The number of hydrazone groups is 1. The Morgan fingerprint density at radius 1 is 1.00 bits per heavy atom. The van der Waals surface area contributed by atoms with Gasteiger partial charge in [0, 0.05) is 12.5 Å². The lowest BCUT2D eigenvalue weighted by Gasteiger charge is -2.39. The zero-order valence-electron chi connectivity index (χ0n) is 22.4. The van der Waals surface area contributed by atoms with E-state index in [1.807, 2.05) is 24.3 Å². The Hall–Kier alpha value is -3.68. The summed E-state index contributed by atoms with van der Waals surface area (Å²) < 4.78 is 33.2. The molecule has 40 heavy (non-hydrogen) atoms.